The van der Waals surface area contributed by atoms with Crippen LogP contribution >= 0.6 is 0 Å². The topological polar surface area (TPSA) is 65.7 Å². The van der Waals surface area contributed by atoms with Crippen LogP contribution < -0.4 is 10.4 Å². The van der Waals surface area contributed by atoms with Crippen molar-refractivity contribution in [3.63, 3.8) is 0 Å². The second kappa shape index (κ2) is 6.55. The van der Waals surface area contributed by atoms with Gasteiger partial charge in [0.05, 0.1) is 11.3 Å². The van der Waals surface area contributed by atoms with Crippen LogP contribution in [0.4, 0.5) is 0 Å². The van der Waals surface area contributed by atoms with Crippen LogP contribution in [0.5, 0.6) is 5.75 Å². The molecule has 3 aliphatic rings. The molecule has 0 radical (unpaired) electrons. The molecule has 3 heterocycles. The summed E-state index contributed by atoms with van der Waals surface area (Å²) in [6, 6.07) is 5.59. The lowest BCUT2D eigenvalue weighted by Gasteiger charge is -2.52. The Morgan fingerprint density at radius 1 is 1.27 bits per heavy atom. The van der Waals surface area contributed by atoms with E-state index in [1.807, 2.05) is 39.8 Å². The largest absolute Gasteiger partial charge is 0.453 e. The third kappa shape index (κ3) is 2.51. The van der Waals surface area contributed by atoms with Crippen LogP contribution in [0.1, 0.15) is 57.8 Å². The van der Waals surface area contributed by atoms with Gasteiger partial charge in [-0.05, 0) is 36.8 Å². The highest BCUT2D eigenvalue weighted by Gasteiger charge is 2.62. The van der Waals surface area contributed by atoms with Crippen molar-refractivity contribution in [3.05, 3.63) is 51.4 Å². The highest BCUT2D eigenvalue weighted by atomic mass is 16.7. The first-order valence-corrected chi connectivity index (χ1v) is 10.9. The summed E-state index contributed by atoms with van der Waals surface area (Å²) < 4.78 is 18.7. The van der Waals surface area contributed by atoms with E-state index in [0.29, 0.717) is 29.2 Å². The van der Waals surface area contributed by atoms with Crippen LogP contribution in [0.2, 0.25) is 0 Å². The predicted molar refractivity (Wildman–Crippen MR) is 113 cm³/mol. The lowest BCUT2D eigenvalue weighted by molar-refractivity contribution is -0.265. The van der Waals surface area contributed by atoms with Crippen molar-refractivity contribution < 1.29 is 18.7 Å². The monoisotopic (exact) mass is 408 g/mol. The summed E-state index contributed by atoms with van der Waals surface area (Å²) >= 11 is 0. The minimum atomic E-state index is -1.41. The Morgan fingerprint density at radius 2 is 2.03 bits per heavy atom. The van der Waals surface area contributed by atoms with E-state index in [9.17, 15) is 9.59 Å². The zero-order valence-corrected chi connectivity index (χ0v) is 18.2. The molecule has 1 aliphatic carbocycles. The zero-order chi connectivity index (χ0) is 21.4. The molecular formula is C25H28O5. The molecule has 2 bridgehead atoms. The Bertz CT molecular complexity index is 1140. The Kier molecular flexibility index (Phi) is 4.27. The van der Waals surface area contributed by atoms with Gasteiger partial charge in [0.15, 0.2) is 0 Å². The molecule has 5 heteroatoms. The molecule has 1 aromatic heterocycles. The fraction of sp³-hybridized carbons (Fsp3) is 0.520. The van der Waals surface area contributed by atoms with Crippen molar-refractivity contribution in [2.24, 2.45) is 23.7 Å². The van der Waals surface area contributed by atoms with Crippen LogP contribution in [-0.4, -0.2) is 11.6 Å². The molecule has 5 nitrogen and oxygen atoms in total. The number of ether oxygens (including phenoxy) is 2. The summed E-state index contributed by atoms with van der Waals surface area (Å²) in [5.41, 5.74) is 2.58. The number of benzene rings is 1. The molecule has 0 spiro atoms. The summed E-state index contributed by atoms with van der Waals surface area (Å²) in [6.45, 7) is 10.2. The molecular weight excluding hydrogens is 380 g/mol. The first-order chi connectivity index (χ1) is 14.2. The van der Waals surface area contributed by atoms with Gasteiger partial charge in [0.1, 0.15) is 23.0 Å². The van der Waals surface area contributed by atoms with Crippen molar-refractivity contribution in [2.75, 3.05) is 0 Å². The molecule has 1 aromatic carbocycles. The van der Waals surface area contributed by atoms with Crippen molar-refractivity contribution in [2.45, 2.75) is 59.4 Å². The van der Waals surface area contributed by atoms with Gasteiger partial charge in [-0.3, -0.25) is 4.79 Å². The zero-order valence-electron chi connectivity index (χ0n) is 18.2. The third-order valence-corrected chi connectivity index (χ3v) is 7.07. The molecule has 0 amide bonds. The summed E-state index contributed by atoms with van der Waals surface area (Å²) in [6.07, 6.45) is 2.95. The van der Waals surface area contributed by atoms with Crippen molar-refractivity contribution in [3.8, 4) is 5.75 Å². The molecule has 0 N–H and O–H groups in total. The summed E-state index contributed by atoms with van der Waals surface area (Å²) in [4.78, 5) is 26.6. The molecule has 0 unspecified atom stereocenters. The second-order valence-electron chi connectivity index (χ2n) is 9.57. The average molecular weight is 408 g/mol. The minimum Gasteiger partial charge on any atom is -0.453 e. The molecule has 30 heavy (non-hydrogen) atoms. The Balaban J connectivity index is 1.81. The van der Waals surface area contributed by atoms with Gasteiger partial charge in [0.2, 0.25) is 5.78 Å². The van der Waals surface area contributed by atoms with Gasteiger partial charge in [0.25, 0.3) is 5.79 Å². The van der Waals surface area contributed by atoms with Gasteiger partial charge in [0, 0.05) is 12.3 Å². The Morgan fingerprint density at radius 3 is 2.77 bits per heavy atom. The smallest absolute Gasteiger partial charge is 0.345 e. The third-order valence-electron chi connectivity index (χ3n) is 7.07. The van der Waals surface area contributed by atoms with Gasteiger partial charge in [-0.15, -0.1) is 0 Å². The number of rotatable bonds is 3. The van der Waals surface area contributed by atoms with Gasteiger partial charge < -0.3 is 13.9 Å². The number of Topliss-reactive ketones (excluding diaryl/α,β-unsaturated/α-hetero) is 1. The van der Waals surface area contributed by atoms with E-state index in [-0.39, 0.29) is 23.5 Å². The molecule has 158 valence electrons. The standard InChI is InChI=1S/C25H28O5/c1-12(2)11-18(26)25-15(5)16-10-9-14(4)19(16)22(29-25)21-23(30-25)20-13(3)7-6-8-17(20)28-24(21)27/h6-8,10,12,14-15,19,22H,9,11H2,1-5H3/t14-,15+,19+,22+,25-/m0/s1. The van der Waals surface area contributed by atoms with Crippen LogP contribution in [0.3, 0.4) is 0 Å². The molecule has 1 saturated heterocycles. The fourth-order valence-corrected chi connectivity index (χ4v) is 5.59. The van der Waals surface area contributed by atoms with Gasteiger partial charge in [-0.2, -0.15) is 0 Å². The molecule has 2 aliphatic heterocycles. The number of ketones is 1. The van der Waals surface area contributed by atoms with E-state index in [1.54, 1.807) is 6.07 Å². The molecule has 5 rings (SSSR count). The number of hydrogen-bond donors (Lipinski definition) is 0. The summed E-state index contributed by atoms with van der Waals surface area (Å²) in [5.74, 6) is -0.658. The summed E-state index contributed by atoms with van der Waals surface area (Å²) in [7, 11) is 0. The number of hydrogen-bond acceptors (Lipinski definition) is 5. The highest BCUT2D eigenvalue weighted by molar-refractivity contribution is 5.92. The van der Waals surface area contributed by atoms with Crippen molar-refractivity contribution in [1.82, 2.24) is 0 Å². The van der Waals surface area contributed by atoms with Gasteiger partial charge >= 0.3 is 5.63 Å². The molecule has 0 saturated carbocycles. The number of aryl methyl sites for hydroxylation is 1. The van der Waals surface area contributed by atoms with E-state index >= 15 is 0 Å². The van der Waals surface area contributed by atoms with E-state index in [2.05, 4.69) is 13.0 Å². The van der Waals surface area contributed by atoms with Crippen LogP contribution in [0, 0.1) is 30.6 Å². The lowest BCUT2D eigenvalue weighted by Crippen LogP contribution is -2.61. The van der Waals surface area contributed by atoms with Crippen molar-refractivity contribution >= 4 is 16.8 Å². The maximum atomic E-state index is 13.6. The Labute approximate surface area is 176 Å². The maximum absolute atomic E-state index is 13.6. The second-order valence-corrected chi connectivity index (χ2v) is 9.57. The molecule has 1 fully saturated rings. The van der Waals surface area contributed by atoms with Crippen LogP contribution in [0.15, 0.2) is 39.1 Å². The maximum Gasteiger partial charge on any atom is 0.345 e. The van der Waals surface area contributed by atoms with Gasteiger partial charge in [-0.1, -0.05) is 51.5 Å². The number of allylic oxidation sites excluding steroid dienone is 1. The fourth-order valence-electron chi connectivity index (χ4n) is 5.59. The minimum absolute atomic E-state index is 0.0481. The molecule has 5 atom stereocenters. The van der Waals surface area contributed by atoms with E-state index < -0.39 is 17.5 Å². The van der Waals surface area contributed by atoms with Crippen LogP contribution in [-0.2, 0) is 9.53 Å². The Hall–Kier alpha value is -2.40. The number of fused-ring (bicyclic) bond motifs is 8. The van der Waals surface area contributed by atoms with E-state index in [4.69, 9.17) is 13.9 Å². The summed E-state index contributed by atoms with van der Waals surface area (Å²) in [5, 5.41) is 0.757. The number of carbonyl (C=O) groups is 1. The highest BCUT2D eigenvalue weighted by Crippen LogP contribution is 2.59. The van der Waals surface area contributed by atoms with Crippen molar-refractivity contribution in [1.29, 1.82) is 0 Å². The van der Waals surface area contributed by atoms with Gasteiger partial charge in [-0.25, -0.2) is 4.79 Å². The van der Waals surface area contributed by atoms with E-state index in [0.717, 1.165) is 17.4 Å². The SMILES string of the molecule is Cc1cccc2oc(=O)c3c(c12)O[C@@]1(C(=O)CC(C)C)O[C@@H]3[C@H]2C(=CC[C@@H]2C)[C@H]1C. The van der Waals surface area contributed by atoms with Crippen LogP contribution in [0.25, 0.3) is 11.0 Å². The van der Waals surface area contributed by atoms with E-state index in [1.165, 1.54) is 5.57 Å². The molecule has 2 aromatic rings. The number of carbonyl (C=O) groups excluding carboxylic acids is 1. The quantitative estimate of drug-likeness (QED) is 0.522. The lowest BCUT2D eigenvalue weighted by atomic mass is 9.71. The predicted octanol–water partition coefficient (Wildman–Crippen LogP) is 5.10. The first kappa shape index (κ1) is 19.6. The normalized spacial score (nSPS) is 31.9. The average Bonchev–Trinajstić information content (AvgIpc) is 3.07. The first-order valence-electron chi connectivity index (χ1n) is 10.9.